The van der Waals surface area contributed by atoms with Crippen LogP contribution in [-0.2, 0) is 19.4 Å². The number of aryl methyl sites for hydroxylation is 2. The molecule has 4 aromatic rings. The van der Waals surface area contributed by atoms with Crippen molar-refractivity contribution in [1.82, 2.24) is 9.13 Å². The van der Waals surface area contributed by atoms with Crippen LogP contribution in [0.15, 0.2) is 82.4 Å². The van der Waals surface area contributed by atoms with Crippen molar-refractivity contribution in [3.63, 3.8) is 0 Å². The zero-order chi connectivity index (χ0) is 20.4. The van der Waals surface area contributed by atoms with Crippen LogP contribution in [-0.4, -0.2) is 9.13 Å². The molecule has 0 saturated heterocycles. The quantitative estimate of drug-likeness (QED) is 0.514. The molecule has 0 N–H and O–H groups in total. The lowest BCUT2D eigenvalue weighted by molar-refractivity contribution is 0.708. The molecule has 0 aliphatic heterocycles. The van der Waals surface area contributed by atoms with Crippen LogP contribution in [0.1, 0.15) is 30.5 Å². The summed E-state index contributed by atoms with van der Waals surface area (Å²) in [7, 11) is 0. The maximum absolute atomic E-state index is 13.7. The Morgan fingerprint density at radius 3 is 2.00 bits per heavy atom. The summed E-state index contributed by atoms with van der Waals surface area (Å²) in [5.41, 5.74) is 3.87. The molecular weight excluding hydrogens is 360 g/mol. The van der Waals surface area contributed by atoms with Crippen molar-refractivity contribution < 1.29 is 0 Å². The first-order valence-electron chi connectivity index (χ1n) is 10.0. The molecule has 1 aromatic heterocycles. The Balaban J connectivity index is 2.10. The SMILES string of the molecule is CCc1cccc(CC)c1-n1c(=O)c2ccccc2n(Cc2ccccc2)c1=O. The van der Waals surface area contributed by atoms with E-state index in [0.29, 0.717) is 17.4 Å². The molecule has 0 radical (unpaired) electrons. The summed E-state index contributed by atoms with van der Waals surface area (Å²) >= 11 is 0. The second-order valence-electron chi connectivity index (χ2n) is 7.14. The highest BCUT2D eigenvalue weighted by molar-refractivity contribution is 5.78. The molecule has 0 spiro atoms. The van der Waals surface area contributed by atoms with E-state index in [-0.39, 0.29) is 11.2 Å². The maximum atomic E-state index is 13.7. The molecule has 3 aromatic carbocycles. The monoisotopic (exact) mass is 384 g/mol. The molecule has 4 rings (SSSR count). The Labute approximate surface area is 169 Å². The fourth-order valence-electron chi connectivity index (χ4n) is 3.94. The van der Waals surface area contributed by atoms with E-state index in [9.17, 15) is 9.59 Å². The fraction of sp³-hybridized carbons (Fsp3) is 0.200. The first-order valence-corrected chi connectivity index (χ1v) is 10.0. The third kappa shape index (κ3) is 3.31. The Morgan fingerprint density at radius 2 is 1.34 bits per heavy atom. The molecule has 0 unspecified atom stereocenters. The van der Waals surface area contributed by atoms with Gasteiger partial charge in [0.05, 0.1) is 23.1 Å². The molecule has 0 aliphatic rings. The predicted octanol–water partition coefficient (Wildman–Crippen LogP) is 4.33. The van der Waals surface area contributed by atoms with Gasteiger partial charge in [0.2, 0.25) is 0 Å². The largest absolute Gasteiger partial charge is 0.336 e. The zero-order valence-corrected chi connectivity index (χ0v) is 16.8. The summed E-state index contributed by atoms with van der Waals surface area (Å²) in [6.07, 6.45) is 1.50. The molecule has 1 heterocycles. The van der Waals surface area contributed by atoms with Crippen LogP contribution < -0.4 is 11.2 Å². The number of aromatic nitrogens is 2. The van der Waals surface area contributed by atoms with Crippen LogP contribution >= 0.6 is 0 Å². The molecule has 0 saturated carbocycles. The lowest BCUT2D eigenvalue weighted by Gasteiger charge is -2.18. The summed E-state index contributed by atoms with van der Waals surface area (Å²) < 4.78 is 3.08. The Hall–Kier alpha value is -3.40. The molecule has 4 heteroatoms. The lowest BCUT2D eigenvalue weighted by Crippen LogP contribution is -2.40. The normalized spacial score (nSPS) is 11.1. The van der Waals surface area contributed by atoms with E-state index in [1.807, 2.05) is 80.6 Å². The Kier molecular flexibility index (Phi) is 5.17. The van der Waals surface area contributed by atoms with Crippen molar-refractivity contribution in [3.8, 4) is 5.69 Å². The summed E-state index contributed by atoms with van der Waals surface area (Å²) in [4.78, 5) is 27.1. The van der Waals surface area contributed by atoms with Gasteiger partial charge in [0.25, 0.3) is 5.56 Å². The van der Waals surface area contributed by atoms with Gasteiger partial charge in [-0.15, -0.1) is 0 Å². The van der Waals surface area contributed by atoms with Gasteiger partial charge in [0, 0.05) is 0 Å². The molecule has 0 bridgehead atoms. The highest BCUT2D eigenvalue weighted by Crippen LogP contribution is 2.20. The molecule has 0 amide bonds. The maximum Gasteiger partial charge on any atom is 0.336 e. The van der Waals surface area contributed by atoms with Gasteiger partial charge in [0.1, 0.15) is 0 Å². The van der Waals surface area contributed by atoms with Crippen LogP contribution in [0.25, 0.3) is 16.6 Å². The van der Waals surface area contributed by atoms with Crippen LogP contribution in [0.2, 0.25) is 0 Å². The van der Waals surface area contributed by atoms with E-state index in [4.69, 9.17) is 0 Å². The third-order valence-electron chi connectivity index (χ3n) is 5.42. The van der Waals surface area contributed by atoms with Crippen LogP contribution in [0.4, 0.5) is 0 Å². The van der Waals surface area contributed by atoms with Gasteiger partial charge < -0.3 is 0 Å². The molecular formula is C25H24N2O2. The van der Waals surface area contributed by atoms with Crippen molar-refractivity contribution >= 4 is 10.9 Å². The third-order valence-corrected chi connectivity index (χ3v) is 5.42. The van der Waals surface area contributed by atoms with Gasteiger partial charge in [-0.1, -0.05) is 74.5 Å². The molecule has 0 fully saturated rings. The van der Waals surface area contributed by atoms with Crippen LogP contribution in [0, 0.1) is 0 Å². The molecule has 29 heavy (non-hydrogen) atoms. The highest BCUT2D eigenvalue weighted by atomic mass is 16.2. The van der Waals surface area contributed by atoms with Crippen molar-refractivity contribution in [2.24, 2.45) is 0 Å². The lowest BCUT2D eigenvalue weighted by atomic mass is 10.0. The summed E-state index contributed by atoms with van der Waals surface area (Å²) in [5, 5.41) is 0.552. The smallest absolute Gasteiger partial charge is 0.288 e. The van der Waals surface area contributed by atoms with Gasteiger partial charge in [-0.05, 0) is 41.7 Å². The standard InChI is InChI=1S/C25H24N2O2/c1-3-19-13-10-14-20(4-2)23(19)27-24(28)21-15-8-9-16-22(21)26(25(27)29)17-18-11-6-5-7-12-18/h5-16H,3-4,17H2,1-2H3. The van der Waals surface area contributed by atoms with Gasteiger partial charge in [-0.25, -0.2) is 9.36 Å². The summed E-state index contributed by atoms with van der Waals surface area (Å²) in [6.45, 7) is 4.51. The van der Waals surface area contributed by atoms with E-state index < -0.39 is 0 Å². The van der Waals surface area contributed by atoms with Crippen molar-refractivity contribution in [3.05, 3.63) is 110 Å². The molecule has 4 nitrogen and oxygen atoms in total. The Bertz CT molecular complexity index is 1260. The van der Waals surface area contributed by atoms with Crippen LogP contribution in [0.3, 0.4) is 0 Å². The number of benzene rings is 3. The van der Waals surface area contributed by atoms with Crippen molar-refractivity contribution in [1.29, 1.82) is 0 Å². The number of fused-ring (bicyclic) bond motifs is 1. The summed E-state index contributed by atoms with van der Waals surface area (Å²) in [6, 6.07) is 23.2. The van der Waals surface area contributed by atoms with E-state index in [0.717, 1.165) is 35.2 Å². The minimum absolute atomic E-state index is 0.259. The van der Waals surface area contributed by atoms with Gasteiger partial charge in [0.15, 0.2) is 0 Å². The van der Waals surface area contributed by atoms with E-state index >= 15 is 0 Å². The first-order chi connectivity index (χ1) is 14.2. The van der Waals surface area contributed by atoms with Crippen molar-refractivity contribution in [2.75, 3.05) is 0 Å². The van der Waals surface area contributed by atoms with E-state index in [1.54, 1.807) is 10.6 Å². The average Bonchev–Trinajstić information content (AvgIpc) is 2.77. The predicted molar refractivity (Wildman–Crippen MR) is 118 cm³/mol. The molecule has 0 atom stereocenters. The first kappa shape index (κ1) is 18.9. The second kappa shape index (κ2) is 7.92. The molecule has 146 valence electrons. The number of nitrogens with zero attached hydrogens (tertiary/aromatic N) is 2. The van der Waals surface area contributed by atoms with E-state index in [1.165, 1.54) is 4.57 Å². The Morgan fingerprint density at radius 1 is 0.724 bits per heavy atom. The minimum Gasteiger partial charge on any atom is -0.288 e. The second-order valence-corrected chi connectivity index (χ2v) is 7.14. The van der Waals surface area contributed by atoms with Crippen molar-refractivity contribution in [2.45, 2.75) is 33.2 Å². The highest BCUT2D eigenvalue weighted by Gasteiger charge is 2.18. The number of rotatable bonds is 5. The van der Waals surface area contributed by atoms with Gasteiger partial charge in [-0.2, -0.15) is 0 Å². The topological polar surface area (TPSA) is 44.0 Å². The summed E-state index contributed by atoms with van der Waals surface area (Å²) in [5.74, 6) is 0. The fourth-order valence-corrected chi connectivity index (χ4v) is 3.94. The zero-order valence-electron chi connectivity index (χ0n) is 16.8. The average molecular weight is 384 g/mol. The van der Waals surface area contributed by atoms with Crippen LogP contribution in [0.5, 0.6) is 0 Å². The van der Waals surface area contributed by atoms with Gasteiger partial charge >= 0.3 is 5.69 Å². The minimum atomic E-state index is -0.298. The number of hydrogen-bond acceptors (Lipinski definition) is 2. The molecule has 0 aliphatic carbocycles. The number of hydrogen-bond donors (Lipinski definition) is 0. The number of para-hydroxylation sites is 2. The van der Waals surface area contributed by atoms with Gasteiger partial charge in [-0.3, -0.25) is 9.36 Å². The van der Waals surface area contributed by atoms with E-state index in [2.05, 4.69) is 0 Å².